The summed E-state index contributed by atoms with van der Waals surface area (Å²) < 4.78 is 38.4. The first-order valence-corrected chi connectivity index (χ1v) is 6.29. The lowest BCUT2D eigenvalue weighted by atomic mass is 10.0. The SMILES string of the molecule is FC(F)(F)c1cc(-c2ccccc2S)ccc1Br. The maximum absolute atomic E-state index is 12.8. The lowest BCUT2D eigenvalue weighted by Gasteiger charge is -2.12. The van der Waals surface area contributed by atoms with E-state index in [4.69, 9.17) is 0 Å². The lowest BCUT2D eigenvalue weighted by molar-refractivity contribution is -0.138. The van der Waals surface area contributed by atoms with Gasteiger partial charge in [-0.2, -0.15) is 13.2 Å². The number of halogens is 4. The zero-order valence-corrected chi connectivity index (χ0v) is 11.5. The summed E-state index contributed by atoms with van der Waals surface area (Å²) in [6.45, 7) is 0. The minimum atomic E-state index is -4.37. The highest BCUT2D eigenvalue weighted by atomic mass is 79.9. The second-order valence-corrected chi connectivity index (χ2v) is 5.05. The van der Waals surface area contributed by atoms with Crippen LogP contribution in [0.15, 0.2) is 51.8 Å². The van der Waals surface area contributed by atoms with Crippen LogP contribution in [0.3, 0.4) is 0 Å². The normalized spacial score (nSPS) is 11.6. The Bertz CT molecular complexity index is 579. The third-order valence-electron chi connectivity index (χ3n) is 2.49. The molecule has 2 aromatic carbocycles. The van der Waals surface area contributed by atoms with Crippen LogP contribution < -0.4 is 0 Å². The Kier molecular flexibility index (Phi) is 3.73. The van der Waals surface area contributed by atoms with Crippen LogP contribution in [-0.2, 0) is 6.18 Å². The van der Waals surface area contributed by atoms with E-state index in [0.29, 0.717) is 16.0 Å². The molecule has 0 heterocycles. The number of hydrogen-bond acceptors (Lipinski definition) is 1. The second-order valence-electron chi connectivity index (χ2n) is 3.71. The van der Waals surface area contributed by atoms with E-state index < -0.39 is 11.7 Å². The van der Waals surface area contributed by atoms with Gasteiger partial charge in [-0.3, -0.25) is 0 Å². The third kappa shape index (κ3) is 2.72. The van der Waals surface area contributed by atoms with Gasteiger partial charge in [-0.25, -0.2) is 0 Å². The molecule has 0 atom stereocenters. The maximum Gasteiger partial charge on any atom is 0.417 e. The summed E-state index contributed by atoms with van der Waals surface area (Å²) in [5.41, 5.74) is 0.492. The van der Waals surface area contributed by atoms with Crippen molar-refractivity contribution in [2.45, 2.75) is 11.1 Å². The molecule has 0 aromatic heterocycles. The Hall–Kier alpha value is -0.940. The van der Waals surface area contributed by atoms with Crippen LogP contribution in [0, 0.1) is 0 Å². The van der Waals surface area contributed by atoms with E-state index in [1.807, 2.05) is 0 Å². The number of alkyl halides is 3. The lowest BCUT2D eigenvalue weighted by Crippen LogP contribution is -2.06. The zero-order valence-electron chi connectivity index (χ0n) is 9.00. The van der Waals surface area contributed by atoms with Crippen molar-refractivity contribution in [1.29, 1.82) is 0 Å². The molecular weight excluding hydrogens is 325 g/mol. The molecule has 0 spiro atoms. The highest BCUT2D eigenvalue weighted by molar-refractivity contribution is 9.10. The van der Waals surface area contributed by atoms with Crippen LogP contribution in [0.1, 0.15) is 5.56 Å². The first-order chi connectivity index (χ1) is 8.39. The van der Waals surface area contributed by atoms with Gasteiger partial charge in [0.05, 0.1) is 5.56 Å². The molecule has 0 amide bonds. The zero-order chi connectivity index (χ0) is 13.3. The molecule has 0 radical (unpaired) electrons. The predicted octanol–water partition coefficient (Wildman–Crippen LogP) is 5.42. The van der Waals surface area contributed by atoms with Crippen molar-refractivity contribution < 1.29 is 13.2 Å². The van der Waals surface area contributed by atoms with Crippen molar-refractivity contribution in [3.63, 3.8) is 0 Å². The highest BCUT2D eigenvalue weighted by Crippen LogP contribution is 2.38. The third-order valence-corrected chi connectivity index (χ3v) is 3.57. The fourth-order valence-corrected chi connectivity index (χ4v) is 2.39. The van der Waals surface area contributed by atoms with Gasteiger partial charge < -0.3 is 0 Å². The number of benzene rings is 2. The van der Waals surface area contributed by atoms with E-state index in [2.05, 4.69) is 28.6 Å². The van der Waals surface area contributed by atoms with Gasteiger partial charge in [0.2, 0.25) is 0 Å². The van der Waals surface area contributed by atoms with Gasteiger partial charge in [0, 0.05) is 9.37 Å². The number of rotatable bonds is 1. The molecule has 0 unspecified atom stereocenters. The topological polar surface area (TPSA) is 0 Å². The summed E-state index contributed by atoms with van der Waals surface area (Å²) in [6.07, 6.45) is -4.37. The molecule has 0 fully saturated rings. The van der Waals surface area contributed by atoms with Crippen molar-refractivity contribution >= 4 is 28.6 Å². The average Bonchev–Trinajstić information content (AvgIpc) is 2.29. The van der Waals surface area contributed by atoms with Gasteiger partial charge in [-0.1, -0.05) is 40.2 Å². The first kappa shape index (κ1) is 13.5. The summed E-state index contributed by atoms with van der Waals surface area (Å²) in [7, 11) is 0. The van der Waals surface area contributed by atoms with Crippen molar-refractivity contribution in [2.24, 2.45) is 0 Å². The van der Waals surface area contributed by atoms with Crippen LogP contribution in [0.25, 0.3) is 11.1 Å². The quantitative estimate of drug-likeness (QED) is 0.662. The highest BCUT2D eigenvalue weighted by Gasteiger charge is 2.33. The molecule has 0 aliphatic carbocycles. The molecular formula is C13H8BrF3S. The Morgan fingerprint density at radius 3 is 2.28 bits per heavy atom. The van der Waals surface area contributed by atoms with Gasteiger partial charge in [-0.15, -0.1) is 12.6 Å². The summed E-state index contributed by atoms with van der Waals surface area (Å²) in [5, 5.41) is 0. The van der Waals surface area contributed by atoms with E-state index in [1.165, 1.54) is 6.07 Å². The van der Waals surface area contributed by atoms with Crippen molar-refractivity contribution in [2.75, 3.05) is 0 Å². The Morgan fingerprint density at radius 1 is 1.00 bits per heavy atom. The first-order valence-electron chi connectivity index (χ1n) is 5.04. The van der Waals surface area contributed by atoms with Crippen molar-refractivity contribution in [3.05, 3.63) is 52.5 Å². The Balaban J connectivity index is 2.58. The minimum absolute atomic E-state index is 0.0374. The van der Waals surface area contributed by atoms with E-state index in [0.717, 1.165) is 6.07 Å². The summed E-state index contributed by atoms with van der Waals surface area (Å²) in [5.74, 6) is 0. The molecule has 0 saturated heterocycles. The van der Waals surface area contributed by atoms with Gasteiger partial charge in [0.1, 0.15) is 0 Å². The minimum Gasteiger partial charge on any atom is -0.166 e. The second kappa shape index (κ2) is 4.97. The Labute approximate surface area is 116 Å². The van der Waals surface area contributed by atoms with E-state index in [-0.39, 0.29) is 4.47 Å². The summed E-state index contributed by atoms with van der Waals surface area (Å²) in [6, 6.07) is 11.2. The summed E-state index contributed by atoms with van der Waals surface area (Å²) in [4.78, 5) is 0.646. The molecule has 0 bridgehead atoms. The molecule has 2 rings (SSSR count). The fourth-order valence-electron chi connectivity index (χ4n) is 1.63. The van der Waals surface area contributed by atoms with E-state index in [1.54, 1.807) is 30.3 Å². The molecule has 0 N–H and O–H groups in total. The predicted molar refractivity (Wildman–Crippen MR) is 71.8 cm³/mol. The van der Waals surface area contributed by atoms with Crippen LogP contribution >= 0.6 is 28.6 Å². The molecule has 94 valence electrons. The molecule has 0 nitrogen and oxygen atoms in total. The van der Waals surface area contributed by atoms with E-state index >= 15 is 0 Å². The van der Waals surface area contributed by atoms with Crippen LogP contribution in [0.4, 0.5) is 13.2 Å². The maximum atomic E-state index is 12.8. The van der Waals surface area contributed by atoms with Gasteiger partial charge in [0.25, 0.3) is 0 Å². The monoisotopic (exact) mass is 332 g/mol. The van der Waals surface area contributed by atoms with Crippen LogP contribution in [0.2, 0.25) is 0 Å². The van der Waals surface area contributed by atoms with Crippen molar-refractivity contribution in [3.8, 4) is 11.1 Å². The fraction of sp³-hybridized carbons (Fsp3) is 0.0769. The molecule has 0 aliphatic heterocycles. The smallest absolute Gasteiger partial charge is 0.166 e. The van der Waals surface area contributed by atoms with E-state index in [9.17, 15) is 13.2 Å². The Morgan fingerprint density at radius 2 is 1.67 bits per heavy atom. The standard InChI is InChI=1S/C13H8BrF3S/c14-11-6-5-8(7-10(11)13(15,16)17)9-3-1-2-4-12(9)18/h1-7,18H. The molecule has 0 aliphatic rings. The molecule has 18 heavy (non-hydrogen) atoms. The van der Waals surface area contributed by atoms with Gasteiger partial charge in [-0.05, 0) is 29.3 Å². The average molecular weight is 333 g/mol. The van der Waals surface area contributed by atoms with Gasteiger partial charge in [0.15, 0.2) is 0 Å². The molecule has 2 aromatic rings. The van der Waals surface area contributed by atoms with Crippen molar-refractivity contribution in [1.82, 2.24) is 0 Å². The number of hydrogen-bond donors (Lipinski definition) is 1. The summed E-state index contributed by atoms with van der Waals surface area (Å²) >= 11 is 7.17. The number of thiol groups is 1. The molecule has 0 saturated carbocycles. The van der Waals surface area contributed by atoms with Crippen LogP contribution in [0.5, 0.6) is 0 Å². The van der Waals surface area contributed by atoms with Gasteiger partial charge >= 0.3 is 6.18 Å². The molecule has 5 heteroatoms. The largest absolute Gasteiger partial charge is 0.417 e. The van der Waals surface area contributed by atoms with Crippen LogP contribution in [-0.4, -0.2) is 0 Å².